The largest absolute Gasteiger partial charge is 1.00 e. The minimum absolute atomic E-state index is 0. The Morgan fingerprint density at radius 2 is 2.25 bits per heavy atom. The van der Waals surface area contributed by atoms with Gasteiger partial charge in [-0.05, 0) is 6.92 Å². The van der Waals surface area contributed by atoms with E-state index >= 15 is 0 Å². The fraction of sp³-hybridized carbons (Fsp3) is 0.455. The Hall–Kier alpha value is -1.29. The normalized spacial score (nSPS) is 9.38. The van der Waals surface area contributed by atoms with Crippen LogP contribution >= 0.6 is 0 Å². The van der Waals surface area contributed by atoms with Gasteiger partial charge in [-0.3, -0.25) is 0 Å². The van der Waals surface area contributed by atoms with Crippen LogP contribution in [0.25, 0.3) is 0 Å². The van der Waals surface area contributed by atoms with Gasteiger partial charge >= 0.3 is 5.97 Å². The fourth-order valence-corrected chi connectivity index (χ4v) is 1.17. The molecule has 0 radical (unpaired) electrons. The summed E-state index contributed by atoms with van der Waals surface area (Å²) in [5, 5.41) is 0. The minimum Gasteiger partial charge on any atom is -1.00 e. The van der Waals surface area contributed by atoms with E-state index in [1.54, 1.807) is 6.92 Å². The van der Waals surface area contributed by atoms with Crippen LogP contribution in [0.5, 0.6) is 0 Å². The third kappa shape index (κ3) is 4.98. The van der Waals surface area contributed by atoms with Gasteiger partial charge in [-0.15, -0.1) is 0 Å². The van der Waals surface area contributed by atoms with Crippen molar-refractivity contribution in [3.63, 3.8) is 0 Å². The van der Waals surface area contributed by atoms with E-state index in [0.29, 0.717) is 12.2 Å². The Morgan fingerprint density at radius 3 is 2.75 bits per heavy atom. The Labute approximate surface area is 102 Å². The Bertz CT molecular complexity index is 361. The number of aromatic nitrogens is 2. The number of rotatable bonds is 5. The van der Waals surface area contributed by atoms with E-state index in [4.69, 9.17) is 4.74 Å². The molecule has 0 spiro atoms. The lowest BCUT2D eigenvalue weighted by molar-refractivity contribution is -0.671. The summed E-state index contributed by atoms with van der Waals surface area (Å²) in [7, 11) is 1.97. The van der Waals surface area contributed by atoms with Gasteiger partial charge in [0.15, 0.2) is 0 Å². The first-order valence-corrected chi connectivity index (χ1v) is 4.93. The number of imidazole rings is 1. The number of hydrogen-bond donors (Lipinski definition) is 0. The molecule has 0 unspecified atom stereocenters. The van der Waals surface area contributed by atoms with Gasteiger partial charge in [0.2, 0.25) is 6.33 Å². The van der Waals surface area contributed by atoms with Crippen molar-refractivity contribution >= 4 is 5.97 Å². The van der Waals surface area contributed by atoms with Gasteiger partial charge in [-0.2, -0.15) is 0 Å². The monoisotopic (exact) mass is 244 g/mol. The van der Waals surface area contributed by atoms with Crippen LogP contribution in [-0.2, 0) is 23.1 Å². The highest BCUT2D eigenvalue weighted by Gasteiger charge is 2.03. The fourth-order valence-electron chi connectivity index (χ4n) is 1.17. The predicted octanol–water partition coefficient (Wildman–Crippen LogP) is -2.17. The Balaban J connectivity index is 0.00000225. The highest BCUT2D eigenvalue weighted by atomic mass is 35.5. The molecule has 16 heavy (non-hydrogen) atoms. The molecule has 0 aromatic carbocycles. The quantitative estimate of drug-likeness (QED) is 0.256. The van der Waals surface area contributed by atoms with E-state index in [1.165, 1.54) is 0 Å². The minimum atomic E-state index is -0.312. The molecule has 90 valence electrons. The van der Waals surface area contributed by atoms with Gasteiger partial charge in [-0.25, -0.2) is 13.9 Å². The second kappa shape index (κ2) is 7.06. The number of ether oxygens (including phenoxy) is 1. The molecule has 0 atom stereocenters. The first-order chi connectivity index (χ1) is 7.09. The molecule has 0 aliphatic carbocycles. The number of nitrogens with zero attached hydrogens (tertiary/aromatic N) is 2. The zero-order chi connectivity index (χ0) is 11.3. The van der Waals surface area contributed by atoms with Crippen molar-refractivity contribution in [2.45, 2.75) is 19.9 Å². The van der Waals surface area contributed by atoms with Crippen LogP contribution in [0.3, 0.4) is 0 Å². The van der Waals surface area contributed by atoms with Crippen molar-refractivity contribution in [1.29, 1.82) is 0 Å². The van der Waals surface area contributed by atoms with Crippen LogP contribution < -0.4 is 17.0 Å². The summed E-state index contributed by atoms with van der Waals surface area (Å²) in [6.45, 7) is 6.45. The first kappa shape index (κ1) is 14.7. The molecule has 1 rings (SSSR count). The number of hydrogen-bond acceptors (Lipinski definition) is 2. The lowest BCUT2D eigenvalue weighted by atomic mass is 10.3. The average Bonchev–Trinajstić information content (AvgIpc) is 2.58. The van der Waals surface area contributed by atoms with Crippen LogP contribution in [0.1, 0.15) is 13.3 Å². The summed E-state index contributed by atoms with van der Waals surface area (Å²) in [4.78, 5) is 11.0. The predicted molar refractivity (Wildman–Crippen MR) is 56.0 cm³/mol. The molecule has 4 nitrogen and oxygen atoms in total. The summed E-state index contributed by atoms with van der Waals surface area (Å²) < 4.78 is 9.00. The van der Waals surface area contributed by atoms with E-state index in [9.17, 15) is 4.79 Å². The lowest BCUT2D eigenvalue weighted by Gasteiger charge is -2.02. The second-order valence-corrected chi connectivity index (χ2v) is 3.59. The van der Waals surface area contributed by atoms with Gasteiger partial charge in [0.05, 0.1) is 20.2 Å². The third-order valence-electron chi connectivity index (χ3n) is 1.97. The standard InChI is InChI=1S/C11H17N2O2.ClH/c1-10(2)11(14)15-8-4-5-13-7-6-12(3)9-13;/h6-7,9H,1,4-5,8H2,2-3H3;1H/q+1;/p-1. The lowest BCUT2D eigenvalue weighted by Crippen LogP contribution is -3.00. The average molecular weight is 245 g/mol. The molecule has 5 heteroatoms. The number of carbonyl (C=O) groups is 1. The summed E-state index contributed by atoms with van der Waals surface area (Å²) in [6.07, 6.45) is 6.76. The van der Waals surface area contributed by atoms with E-state index in [0.717, 1.165) is 13.0 Å². The maximum Gasteiger partial charge on any atom is 0.333 e. The van der Waals surface area contributed by atoms with E-state index in [2.05, 4.69) is 11.1 Å². The molecule has 0 bridgehead atoms. The van der Waals surface area contributed by atoms with Crippen molar-refractivity contribution in [2.75, 3.05) is 6.61 Å². The summed E-state index contributed by atoms with van der Waals surface area (Å²) in [5.41, 5.74) is 0.447. The van der Waals surface area contributed by atoms with Gasteiger partial charge in [0.25, 0.3) is 0 Å². The topological polar surface area (TPSA) is 35.1 Å². The molecule has 0 amide bonds. The molecule has 0 fully saturated rings. The molecule has 0 aliphatic heterocycles. The molecule has 0 saturated carbocycles. The van der Waals surface area contributed by atoms with E-state index < -0.39 is 0 Å². The number of carbonyl (C=O) groups excluding carboxylic acids is 1. The molecular formula is C11H17ClN2O2. The van der Waals surface area contributed by atoms with Gasteiger partial charge in [-0.1, -0.05) is 6.58 Å². The molecule has 0 aliphatic rings. The molecule has 1 aromatic heterocycles. The van der Waals surface area contributed by atoms with Crippen molar-refractivity contribution in [3.05, 3.63) is 30.9 Å². The smallest absolute Gasteiger partial charge is 0.333 e. The highest BCUT2D eigenvalue weighted by Crippen LogP contribution is 1.95. The van der Waals surface area contributed by atoms with Crippen LogP contribution in [0.2, 0.25) is 0 Å². The highest BCUT2D eigenvalue weighted by molar-refractivity contribution is 5.86. The number of esters is 1. The second-order valence-electron chi connectivity index (χ2n) is 3.59. The van der Waals surface area contributed by atoms with Crippen LogP contribution in [0, 0.1) is 0 Å². The molecule has 1 aromatic rings. The van der Waals surface area contributed by atoms with Crippen LogP contribution in [-0.4, -0.2) is 17.1 Å². The summed E-state index contributed by atoms with van der Waals surface area (Å²) in [5.74, 6) is -0.312. The van der Waals surface area contributed by atoms with Crippen LogP contribution in [0.4, 0.5) is 0 Å². The van der Waals surface area contributed by atoms with Gasteiger partial charge in [0.1, 0.15) is 12.4 Å². The van der Waals surface area contributed by atoms with Crippen molar-refractivity contribution in [1.82, 2.24) is 4.57 Å². The first-order valence-electron chi connectivity index (χ1n) is 4.93. The zero-order valence-electron chi connectivity index (χ0n) is 9.65. The molecule has 1 heterocycles. The number of halogens is 1. The Morgan fingerprint density at radius 1 is 1.56 bits per heavy atom. The van der Waals surface area contributed by atoms with Gasteiger partial charge in [0, 0.05) is 12.0 Å². The third-order valence-corrected chi connectivity index (χ3v) is 1.97. The van der Waals surface area contributed by atoms with E-state index in [1.807, 2.05) is 30.3 Å². The zero-order valence-corrected chi connectivity index (χ0v) is 10.4. The molecule has 0 saturated heterocycles. The summed E-state index contributed by atoms with van der Waals surface area (Å²) in [6, 6.07) is 0. The van der Waals surface area contributed by atoms with Gasteiger partial charge < -0.3 is 17.1 Å². The van der Waals surface area contributed by atoms with Crippen molar-refractivity contribution < 1.29 is 26.5 Å². The maximum absolute atomic E-state index is 11.0. The van der Waals surface area contributed by atoms with Crippen LogP contribution in [0.15, 0.2) is 30.9 Å². The molecular weight excluding hydrogens is 228 g/mol. The van der Waals surface area contributed by atoms with Crippen molar-refractivity contribution in [3.8, 4) is 0 Å². The number of aryl methyl sites for hydroxylation is 2. The Kier molecular flexibility index (Phi) is 6.49. The SMILES string of the molecule is C=C(C)C(=O)OCCCn1cc[n+](C)c1.[Cl-]. The molecule has 0 N–H and O–H groups in total. The van der Waals surface area contributed by atoms with Crippen molar-refractivity contribution in [2.24, 2.45) is 7.05 Å². The maximum atomic E-state index is 11.0. The van der Waals surface area contributed by atoms with E-state index in [-0.39, 0.29) is 18.4 Å². The summed E-state index contributed by atoms with van der Waals surface area (Å²) >= 11 is 0.